The molecule has 1 heterocycles. The Morgan fingerprint density at radius 2 is 1.62 bits per heavy atom. The van der Waals surface area contributed by atoms with Crippen LogP contribution in [0.1, 0.15) is 52.7 Å². The number of anilines is 2. The maximum absolute atomic E-state index is 12.2. The van der Waals surface area contributed by atoms with E-state index in [1.807, 2.05) is 36.7 Å². The molecule has 0 fully saturated rings. The molecule has 0 saturated heterocycles. The van der Waals surface area contributed by atoms with Crippen LogP contribution >= 0.6 is 23.2 Å². The number of halogens is 2. The number of nitrogens with one attached hydrogen (secondary N) is 1. The molecule has 2 N–H and O–H groups in total. The molecule has 0 spiro atoms. The van der Waals surface area contributed by atoms with Crippen LogP contribution in [-0.2, 0) is 12.6 Å². The highest BCUT2D eigenvalue weighted by Gasteiger charge is 2.51. The number of ether oxygens (including phenoxy) is 1. The lowest BCUT2D eigenvalue weighted by molar-refractivity contribution is -0.144. The SMILES string of the molecule is COc1cc(Cl)cc(C)c1Nc1nc2c(Cl)ccc(C(O)(C(C)(C)C)C(C)(C)C)c2n1C. The van der Waals surface area contributed by atoms with Crippen LogP contribution in [0.4, 0.5) is 11.6 Å². The van der Waals surface area contributed by atoms with Crippen LogP contribution in [0.5, 0.6) is 5.75 Å². The molecular formula is C25H33Cl2N3O2. The number of aryl methyl sites for hydroxylation is 2. The fourth-order valence-electron chi connectivity index (χ4n) is 4.77. The van der Waals surface area contributed by atoms with Gasteiger partial charge in [-0.3, -0.25) is 0 Å². The van der Waals surface area contributed by atoms with Gasteiger partial charge in [-0.1, -0.05) is 70.8 Å². The average Bonchev–Trinajstić information content (AvgIpc) is 2.99. The number of aliphatic hydroxyl groups is 1. The fraction of sp³-hybridized carbons (Fsp3) is 0.480. The molecule has 0 aliphatic rings. The molecule has 1 aromatic heterocycles. The third-order valence-corrected chi connectivity index (χ3v) is 6.78. The number of aromatic nitrogens is 2. The Balaban J connectivity index is 2.30. The zero-order valence-corrected chi connectivity index (χ0v) is 21.8. The highest BCUT2D eigenvalue weighted by Crippen LogP contribution is 2.53. The van der Waals surface area contributed by atoms with Gasteiger partial charge in [-0.2, -0.15) is 0 Å². The van der Waals surface area contributed by atoms with Gasteiger partial charge in [0.15, 0.2) is 0 Å². The Morgan fingerprint density at radius 3 is 2.16 bits per heavy atom. The zero-order chi connectivity index (χ0) is 24.2. The molecule has 5 nitrogen and oxygen atoms in total. The lowest BCUT2D eigenvalue weighted by atomic mass is 9.59. The topological polar surface area (TPSA) is 59.3 Å². The van der Waals surface area contributed by atoms with Crippen molar-refractivity contribution in [3.8, 4) is 5.75 Å². The average molecular weight is 478 g/mol. The Labute approximate surface area is 200 Å². The molecule has 0 aliphatic carbocycles. The summed E-state index contributed by atoms with van der Waals surface area (Å²) in [6, 6.07) is 7.36. The summed E-state index contributed by atoms with van der Waals surface area (Å²) in [5, 5.41) is 16.7. The molecule has 7 heteroatoms. The van der Waals surface area contributed by atoms with Crippen molar-refractivity contribution in [3.05, 3.63) is 45.4 Å². The van der Waals surface area contributed by atoms with E-state index in [4.69, 9.17) is 32.9 Å². The van der Waals surface area contributed by atoms with Crippen molar-refractivity contribution in [3.63, 3.8) is 0 Å². The van der Waals surface area contributed by atoms with Crippen molar-refractivity contribution >= 4 is 45.9 Å². The second-order valence-corrected chi connectivity index (χ2v) is 11.3. The van der Waals surface area contributed by atoms with Crippen molar-refractivity contribution < 1.29 is 9.84 Å². The molecule has 0 aliphatic heterocycles. The summed E-state index contributed by atoms with van der Waals surface area (Å²) in [6.07, 6.45) is 0. The first kappa shape index (κ1) is 24.7. The summed E-state index contributed by atoms with van der Waals surface area (Å²) in [4.78, 5) is 4.80. The van der Waals surface area contributed by atoms with Crippen LogP contribution in [0.15, 0.2) is 24.3 Å². The molecule has 0 amide bonds. The summed E-state index contributed by atoms with van der Waals surface area (Å²) >= 11 is 12.8. The van der Waals surface area contributed by atoms with Crippen LogP contribution < -0.4 is 10.1 Å². The molecule has 0 radical (unpaired) electrons. The van der Waals surface area contributed by atoms with Crippen LogP contribution in [0.2, 0.25) is 10.0 Å². The van der Waals surface area contributed by atoms with Crippen LogP contribution in [0.3, 0.4) is 0 Å². The van der Waals surface area contributed by atoms with Crippen LogP contribution in [0, 0.1) is 17.8 Å². The number of benzene rings is 2. The second kappa shape index (κ2) is 8.12. The first-order chi connectivity index (χ1) is 14.6. The first-order valence-corrected chi connectivity index (χ1v) is 11.4. The van der Waals surface area contributed by atoms with Gasteiger partial charge in [-0.15, -0.1) is 0 Å². The molecule has 3 rings (SSSR count). The van der Waals surface area contributed by atoms with Crippen LogP contribution in [-0.4, -0.2) is 21.8 Å². The largest absolute Gasteiger partial charge is 0.495 e. The normalized spacial score (nSPS) is 13.0. The summed E-state index contributed by atoms with van der Waals surface area (Å²) in [6.45, 7) is 14.3. The number of rotatable bonds is 4. The van der Waals surface area contributed by atoms with Gasteiger partial charge < -0.3 is 19.7 Å². The number of imidazole rings is 1. The minimum Gasteiger partial charge on any atom is -0.495 e. The van der Waals surface area contributed by atoms with E-state index in [0.717, 1.165) is 22.3 Å². The van der Waals surface area contributed by atoms with Gasteiger partial charge in [0, 0.05) is 23.7 Å². The third kappa shape index (κ3) is 3.85. The third-order valence-electron chi connectivity index (χ3n) is 6.25. The number of nitrogens with zero attached hydrogens (tertiary/aromatic N) is 2. The van der Waals surface area contributed by atoms with E-state index in [2.05, 4.69) is 46.9 Å². The van der Waals surface area contributed by atoms with Gasteiger partial charge in [-0.25, -0.2) is 4.98 Å². The lowest BCUT2D eigenvalue weighted by Gasteiger charge is -2.50. The van der Waals surface area contributed by atoms with Gasteiger partial charge in [0.1, 0.15) is 16.9 Å². The number of hydrogen-bond acceptors (Lipinski definition) is 4. The van der Waals surface area contributed by atoms with E-state index in [1.54, 1.807) is 13.2 Å². The molecule has 174 valence electrons. The summed E-state index contributed by atoms with van der Waals surface area (Å²) in [5.74, 6) is 1.21. The van der Waals surface area contributed by atoms with Crippen molar-refractivity contribution in [2.45, 2.75) is 54.1 Å². The van der Waals surface area contributed by atoms with Gasteiger partial charge in [0.05, 0.1) is 23.3 Å². The highest BCUT2D eigenvalue weighted by atomic mass is 35.5. The maximum Gasteiger partial charge on any atom is 0.208 e. The summed E-state index contributed by atoms with van der Waals surface area (Å²) < 4.78 is 7.47. The predicted octanol–water partition coefficient (Wildman–Crippen LogP) is 7.22. The monoisotopic (exact) mass is 477 g/mol. The molecule has 0 saturated carbocycles. The Morgan fingerprint density at radius 1 is 1.03 bits per heavy atom. The second-order valence-electron chi connectivity index (χ2n) is 10.4. The molecule has 2 aromatic carbocycles. The van der Waals surface area contributed by atoms with E-state index in [9.17, 15) is 5.11 Å². The summed E-state index contributed by atoms with van der Waals surface area (Å²) in [7, 11) is 3.52. The van der Waals surface area contributed by atoms with Gasteiger partial charge >= 0.3 is 0 Å². The lowest BCUT2D eigenvalue weighted by Crippen LogP contribution is -2.50. The molecule has 32 heavy (non-hydrogen) atoms. The Kier molecular flexibility index (Phi) is 6.27. The van der Waals surface area contributed by atoms with E-state index in [0.29, 0.717) is 27.3 Å². The van der Waals surface area contributed by atoms with E-state index in [-0.39, 0.29) is 0 Å². The van der Waals surface area contributed by atoms with Gasteiger partial charge in [-0.05, 0) is 35.4 Å². The van der Waals surface area contributed by atoms with E-state index in [1.165, 1.54) is 0 Å². The van der Waals surface area contributed by atoms with Gasteiger partial charge in [0.2, 0.25) is 5.95 Å². The highest BCUT2D eigenvalue weighted by molar-refractivity contribution is 6.35. The number of hydrogen-bond donors (Lipinski definition) is 2. The van der Waals surface area contributed by atoms with E-state index >= 15 is 0 Å². The van der Waals surface area contributed by atoms with Crippen molar-refractivity contribution in [2.24, 2.45) is 17.9 Å². The smallest absolute Gasteiger partial charge is 0.208 e. The maximum atomic E-state index is 12.2. The predicted molar refractivity (Wildman–Crippen MR) is 135 cm³/mol. The minimum absolute atomic E-state index is 0.445. The quantitative estimate of drug-likeness (QED) is 0.416. The molecular weight excluding hydrogens is 445 g/mol. The first-order valence-electron chi connectivity index (χ1n) is 10.6. The molecule has 0 atom stereocenters. The van der Waals surface area contributed by atoms with E-state index < -0.39 is 16.4 Å². The fourth-order valence-corrected chi connectivity index (χ4v) is 5.23. The van der Waals surface area contributed by atoms with Crippen LogP contribution in [0.25, 0.3) is 11.0 Å². The van der Waals surface area contributed by atoms with Crippen molar-refractivity contribution in [1.82, 2.24) is 9.55 Å². The number of fused-ring (bicyclic) bond motifs is 1. The number of methoxy groups -OCH3 is 1. The Bertz CT molecular complexity index is 1160. The zero-order valence-electron chi connectivity index (χ0n) is 20.3. The Hall–Kier alpha value is -1.95. The van der Waals surface area contributed by atoms with Crippen molar-refractivity contribution in [2.75, 3.05) is 12.4 Å². The summed E-state index contributed by atoms with van der Waals surface area (Å²) in [5.41, 5.74) is 1.87. The standard InChI is InChI=1S/C25H33Cl2N3O2/c1-14-12-15(26)13-18(32-9)19(14)28-22-29-20-17(27)11-10-16(21(20)30(22)8)25(31,23(2,3)4)24(5,6)7/h10-13,31H,1-9H3,(H,28,29). The molecule has 0 bridgehead atoms. The van der Waals surface area contributed by atoms with Crippen molar-refractivity contribution in [1.29, 1.82) is 0 Å². The molecule has 3 aromatic rings. The minimum atomic E-state index is -1.15. The molecule has 0 unspecified atom stereocenters. The van der Waals surface area contributed by atoms with Gasteiger partial charge in [0.25, 0.3) is 0 Å².